The summed E-state index contributed by atoms with van der Waals surface area (Å²) in [6.45, 7) is 4.42. The van der Waals surface area contributed by atoms with Gasteiger partial charge in [-0.3, -0.25) is 4.98 Å². The van der Waals surface area contributed by atoms with Crippen LogP contribution in [-0.2, 0) is 12.8 Å². The molecule has 1 heterocycles. The summed E-state index contributed by atoms with van der Waals surface area (Å²) < 4.78 is 0. The molecule has 1 aliphatic rings. The molecule has 0 spiro atoms. The Balaban J connectivity index is 2.39. The predicted octanol–water partition coefficient (Wildman–Crippen LogP) is 3.43. The monoisotopic (exact) mass is 226 g/mol. The van der Waals surface area contributed by atoms with Crippen molar-refractivity contribution < 1.29 is 0 Å². The Morgan fingerprint density at radius 2 is 2.06 bits per heavy atom. The van der Waals surface area contributed by atoms with Gasteiger partial charge in [-0.1, -0.05) is 32.0 Å². The molecule has 0 saturated carbocycles. The number of rotatable bonds is 1. The van der Waals surface area contributed by atoms with Gasteiger partial charge in [0.15, 0.2) is 0 Å². The van der Waals surface area contributed by atoms with Crippen LogP contribution < -0.4 is 5.73 Å². The quantitative estimate of drug-likeness (QED) is 0.809. The molecule has 2 nitrogen and oxygen atoms in total. The van der Waals surface area contributed by atoms with Gasteiger partial charge in [0.05, 0.1) is 5.52 Å². The molecule has 1 aromatic heterocycles. The highest BCUT2D eigenvalue weighted by Gasteiger charge is 2.19. The van der Waals surface area contributed by atoms with E-state index in [1.54, 1.807) is 0 Å². The zero-order valence-electron chi connectivity index (χ0n) is 10.5. The SMILES string of the molecule is CC(C)c1cccc2c(N)c3c(nc12)CCC3. The molecule has 2 aromatic rings. The van der Waals surface area contributed by atoms with E-state index in [1.807, 2.05) is 0 Å². The fourth-order valence-electron chi connectivity index (χ4n) is 2.81. The Morgan fingerprint density at radius 3 is 2.82 bits per heavy atom. The fraction of sp³-hybridized carbons (Fsp3) is 0.400. The van der Waals surface area contributed by atoms with Crippen molar-refractivity contribution in [1.82, 2.24) is 4.98 Å². The maximum atomic E-state index is 6.30. The molecule has 2 heteroatoms. The van der Waals surface area contributed by atoms with Crippen molar-refractivity contribution in [1.29, 1.82) is 0 Å². The molecule has 17 heavy (non-hydrogen) atoms. The maximum Gasteiger partial charge on any atom is 0.0760 e. The third-order valence-electron chi connectivity index (χ3n) is 3.74. The normalized spacial score (nSPS) is 14.5. The number of anilines is 1. The first-order chi connectivity index (χ1) is 8.18. The van der Waals surface area contributed by atoms with Crippen LogP contribution in [-0.4, -0.2) is 4.98 Å². The summed E-state index contributed by atoms with van der Waals surface area (Å²) >= 11 is 0. The second-order valence-electron chi connectivity index (χ2n) is 5.20. The number of pyridine rings is 1. The van der Waals surface area contributed by atoms with Crippen molar-refractivity contribution in [2.45, 2.75) is 39.0 Å². The van der Waals surface area contributed by atoms with E-state index in [1.165, 1.54) is 23.2 Å². The Morgan fingerprint density at radius 1 is 1.24 bits per heavy atom. The van der Waals surface area contributed by atoms with E-state index in [2.05, 4.69) is 32.0 Å². The Bertz CT molecular complexity index is 585. The van der Waals surface area contributed by atoms with Crippen LogP contribution in [0.2, 0.25) is 0 Å². The van der Waals surface area contributed by atoms with Crippen LogP contribution in [0.3, 0.4) is 0 Å². The first kappa shape index (κ1) is 10.6. The lowest BCUT2D eigenvalue weighted by Crippen LogP contribution is -2.01. The standard InChI is InChI=1S/C15H18N2/c1-9(2)10-5-3-7-12-14(16)11-6-4-8-13(11)17-15(10)12/h3,5,7,9H,4,6,8H2,1-2H3,(H2,16,17). The number of aryl methyl sites for hydroxylation is 1. The Kier molecular flexibility index (Phi) is 2.32. The van der Waals surface area contributed by atoms with Crippen LogP contribution in [0.15, 0.2) is 18.2 Å². The number of hydrogen-bond donors (Lipinski definition) is 1. The summed E-state index contributed by atoms with van der Waals surface area (Å²) in [5, 5.41) is 1.14. The van der Waals surface area contributed by atoms with Gasteiger partial charge < -0.3 is 5.73 Å². The van der Waals surface area contributed by atoms with Gasteiger partial charge in [0.2, 0.25) is 0 Å². The van der Waals surface area contributed by atoms with E-state index >= 15 is 0 Å². The van der Waals surface area contributed by atoms with E-state index in [0.29, 0.717) is 5.92 Å². The number of benzene rings is 1. The largest absolute Gasteiger partial charge is 0.398 e. The maximum absolute atomic E-state index is 6.30. The first-order valence-electron chi connectivity index (χ1n) is 6.38. The zero-order valence-corrected chi connectivity index (χ0v) is 10.5. The topological polar surface area (TPSA) is 38.9 Å². The highest BCUT2D eigenvalue weighted by molar-refractivity contribution is 5.94. The van der Waals surface area contributed by atoms with Crippen molar-refractivity contribution in [3.63, 3.8) is 0 Å². The lowest BCUT2D eigenvalue weighted by molar-refractivity contribution is 0.869. The minimum absolute atomic E-state index is 0.491. The number of nitrogen functional groups attached to an aromatic ring is 1. The Labute approximate surface area is 102 Å². The molecular weight excluding hydrogens is 208 g/mol. The van der Waals surface area contributed by atoms with Crippen molar-refractivity contribution in [2.75, 3.05) is 5.73 Å². The summed E-state index contributed by atoms with van der Waals surface area (Å²) in [5.74, 6) is 0.491. The van der Waals surface area contributed by atoms with Gasteiger partial charge in [0.1, 0.15) is 0 Å². The second kappa shape index (κ2) is 3.73. The number of para-hydroxylation sites is 1. The summed E-state index contributed by atoms with van der Waals surface area (Å²) in [5.41, 5.74) is 12.2. The molecule has 1 aliphatic carbocycles. The molecule has 2 N–H and O–H groups in total. The van der Waals surface area contributed by atoms with Gasteiger partial charge in [-0.2, -0.15) is 0 Å². The van der Waals surface area contributed by atoms with Gasteiger partial charge in [0.25, 0.3) is 0 Å². The van der Waals surface area contributed by atoms with Gasteiger partial charge in [0, 0.05) is 16.8 Å². The fourth-order valence-corrected chi connectivity index (χ4v) is 2.81. The lowest BCUT2D eigenvalue weighted by atomic mass is 9.97. The predicted molar refractivity (Wildman–Crippen MR) is 72.3 cm³/mol. The average molecular weight is 226 g/mol. The molecule has 0 aliphatic heterocycles. The first-order valence-corrected chi connectivity index (χ1v) is 6.38. The van der Waals surface area contributed by atoms with Crippen molar-refractivity contribution >= 4 is 16.6 Å². The van der Waals surface area contributed by atoms with E-state index in [-0.39, 0.29) is 0 Å². The summed E-state index contributed by atoms with van der Waals surface area (Å²) in [7, 11) is 0. The van der Waals surface area contributed by atoms with Crippen LogP contribution in [0.1, 0.15) is 43.0 Å². The molecule has 1 aromatic carbocycles. The zero-order chi connectivity index (χ0) is 12.0. The van der Waals surface area contributed by atoms with Crippen molar-refractivity contribution in [3.8, 4) is 0 Å². The highest BCUT2D eigenvalue weighted by Crippen LogP contribution is 2.34. The minimum Gasteiger partial charge on any atom is -0.398 e. The van der Waals surface area contributed by atoms with Crippen molar-refractivity contribution in [2.24, 2.45) is 0 Å². The van der Waals surface area contributed by atoms with Crippen LogP contribution >= 0.6 is 0 Å². The van der Waals surface area contributed by atoms with Gasteiger partial charge in [-0.25, -0.2) is 0 Å². The molecule has 0 fully saturated rings. The number of hydrogen-bond acceptors (Lipinski definition) is 2. The van der Waals surface area contributed by atoms with E-state index in [4.69, 9.17) is 10.7 Å². The number of nitrogens with zero attached hydrogens (tertiary/aromatic N) is 1. The highest BCUT2D eigenvalue weighted by atomic mass is 14.7. The van der Waals surface area contributed by atoms with Gasteiger partial charge >= 0.3 is 0 Å². The smallest absolute Gasteiger partial charge is 0.0760 e. The van der Waals surface area contributed by atoms with Crippen LogP contribution in [0.5, 0.6) is 0 Å². The average Bonchev–Trinajstić information content (AvgIpc) is 2.77. The molecule has 0 amide bonds. The van der Waals surface area contributed by atoms with Crippen LogP contribution in [0.4, 0.5) is 5.69 Å². The number of aromatic nitrogens is 1. The molecule has 3 rings (SSSR count). The second-order valence-corrected chi connectivity index (χ2v) is 5.20. The van der Waals surface area contributed by atoms with Crippen LogP contribution in [0.25, 0.3) is 10.9 Å². The third-order valence-corrected chi connectivity index (χ3v) is 3.74. The molecule has 88 valence electrons. The molecule has 0 saturated heterocycles. The summed E-state index contributed by atoms with van der Waals surface area (Å²) in [4.78, 5) is 4.86. The Hall–Kier alpha value is -1.57. The third kappa shape index (κ3) is 1.51. The van der Waals surface area contributed by atoms with Gasteiger partial charge in [-0.15, -0.1) is 0 Å². The molecular formula is C15H18N2. The summed E-state index contributed by atoms with van der Waals surface area (Å²) in [6.07, 6.45) is 3.37. The van der Waals surface area contributed by atoms with E-state index < -0.39 is 0 Å². The molecule has 0 unspecified atom stereocenters. The van der Waals surface area contributed by atoms with E-state index in [0.717, 1.165) is 29.4 Å². The van der Waals surface area contributed by atoms with Crippen molar-refractivity contribution in [3.05, 3.63) is 35.0 Å². The number of fused-ring (bicyclic) bond motifs is 2. The molecule has 0 bridgehead atoms. The molecule has 0 atom stereocenters. The lowest BCUT2D eigenvalue weighted by Gasteiger charge is -2.13. The van der Waals surface area contributed by atoms with E-state index in [9.17, 15) is 0 Å². The summed E-state index contributed by atoms with van der Waals surface area (Å²) in [6, 6.07) is 6.36. The number of nitrogens with two attached hydrogens (primary N) is 1. The minimum atomic E-state index is 0.491. The van der Waals surface area contributed by atoms with Gasteiger partial charge in [-0.05, 0) is 36.3 Å². The van der Waals surface area contributed by atoms with Crippen LogP contribution in [0, 0.1) is 0 Å². The molecule has 0 radical (unpaired) electrons.